The summed E-state index contributed by atoms with van der Waals surface area (Å²) in [7, 11) is 4.37. The third-order valence-corrected chi connectivity index (χ3v) is 7.66. The number of benzene rings is 1. The van der Waals surface area contributed by atoms with Crippen LogP contribution < -0.4 is 4.90 Å². The molecule has 0 bridgehead atoms. The van der Waals surface area contributed by atoms with Crippen LogP contribution in [0.15, 0.2) is 46.2 Å². The molecule has 4 rings (SSSR count). The van der Waals surface area contributed by atoms with Crippen LogP contribution in [-0.4, -0.2) is 38.8 Å². The summed E-state index contributed by atoms with van der Waals surface area (Å²) >= 11 is 3.27. The van der Waals surface area contributed by atoms with Crippen LogP contribution in [0.25, 0.3) is 21.3 Å². The Bertz CT molecular complexity index is 1180. The quantitative estimate of drug-likeness (QED) is 0.358. The van der Waals surface area contributed by atoms with Crippen molar-refractivity contribution >= 4 is 33.3 Å². The maximum atomic E-state index is 4.68. The Morgan fingerprint density at radius 1 is 1.09 bits per heavy atom. The number of aryl methyl sites for hydroxylation is 1. The van der Waals surface area contributed by atoms with E-state index in [1.807, 2.05) is 0 Å². The number of hydrogen-bond donors (Lipinski definition) is 1. The standard InChI is InChI=1S/C24H30N6S2/c1-6-8-13-30-21(19(7-2)29(4)5)27-28-24(30)32-23-20-18(14-31-22(20)25-15-26-23)17-11-9-16(3)10-12-17/h9-12,14-15,19H,6-8,13H2,1-5H3/p+1/t19-/m0/s1. The zero-order valence-corrected chi connectivity index (χ0v) is 21.1. The van der Waals surface area contributed by atoms with Gasteiger partial charge in [0.1, 0.15) is 22.2 Å². The third kappa shape index (κ3) is 4.58. The van der Waals surface area contributed by atoms with Gasteiger partial charge in [-0.05, 0) is 30.7 Å². The van der Waals surface area contributed by atoms with Crippen molar-refractivity contribution in [3.63, 3.8) is 0 Å². The van der Waals surface area contributed by atoms with Crippen molar-refractivity contribution in [2.75, 3.05) is 14.1 Å². The molecule has 3 heterocycles. The molecule has 0 saturated carbocycles. The first kappa shape index (κ1) is 22.9. The SMILES string of the molecule is CCCCn1c(Sc2ncnc3scc(-c4ccc(C)cc4)c23)nnc1[C@H](CC)[NH+](C)C. The van der Waals surface area contributed by atoms with Gasteiger partial charge in [0.05, 0.1) is 19.5 Å². The summed E-state index contributed by atoms with van der Waals surface area (Å²) in [6, 6.07) is 8.97. The van der Waals surface area contributed by atoms with Crippen molar-refractivity contribution in [2.45, 2.75) is 62.8 Å². The number of aromatic nitrogens is 5. The second-order valence-electron chi connectivity index (χ2n) is 8.36. The Labute approximate surface area is 198 Å². The van der Waals surface area contributed by atoms with E-state index in [2.05, 4.69) is 89.2 Å². The van der Waals surface area contributed by atoms with E-state index in [4.69, 9.17) is 0 Å². The number of rotatable bonds is 9. The molecular formula is C24H31N6S2+. The highest BCUT2D eigenvalue weighted by atomic mass is 32.2. The van der Waals surface area contributed by atoms with Gasteiger partial charge in [-0.2, -0.15) is 0 Å². The van der Waals surface area contributed by atoms with Crippen LogP contribution in [-0.2, 0) is 6.54 Å². The fourth-order valence-electron chi connectivity index (χ4n) is 3.97. The second kappa shape index (κ2) is 10.1. The number of nitrogens with one attached hydrogen (secondary N) is 1. The largest absolute Gasteiger partial charge is 0.331 e. The highest BCUT2D eigenvalue weighted by molar-refractivity contribution is 7.99. The van der Waals surface area contributed by atoms with Gasteiger partial charge in [-0.25, -0.2) is 9.97 Å². The zero-order chi connectivity index (χ0) is 22.7. The number of nitrogens with zero attached hydrogens (tertiary/aromatic N) is 5. The van der Waals surface area contributed by atoms with Crippen molar-refractivity contribution in [3.05, 3.63) is 47.4 Å². The first-order valence-corrected chi connectivity index (χ1v) is 12.9. The second-order valence-corrected chi connectivity index (χ2v) is 10.2. The van der Waals surface area contributed by atoms with E-state index in [0.717, 1.165) is 52.0 Å². The minimum atomic E-state index is 0.323. The number of unbranched alkanes of at least 4 members (excludes halogenated alkanes) is 1. The fourth-order valence-corrected chi connectivity index (χ4v) is 5.90. The summed E-state index contributed by atoms with van der Waals surface area (Å²) in [5.74, 6) is 1.07. The lowest BCUT2D eigenvalue weighted by molar-refractivity contribution is -0.893. The monoisotopic (exact) mass is 467 g/mol. The average molecular weight is 468 g/mol. The fraction of sp³-hybridized carbons (Fsp3) is 0.417. The first-order chi connectivity index (χ1) is 15.5. The molecule has 0 aliphatic carbocycles. The molecule has 0 unspecified atom stereocenters. The van der Waals surface area contributed by atoms with Crippen molar-refractivity contribution in [3.8, 4) is 11.1 Å². The van der Waals surface area contributed by atoms with Gasteiger partial charge in [0.25, 0.3) is 0 Å². The first-order valence-electron chi connectivity index (χ1n) is 11.2. The third-order valence-electron chi connectivity index (χ3n) is 5.78. The lowest BCUT2D eigenvalue weighted by Crippen LogP contribution is -3.06. The van der Waals surface area contributed by atoms with Gasteiger partial charge in [-0.15, -0.1) is 21.5 Å². The molecule has 0 spiro atoms. The number of hydrogen-bond acceptors (Lipinski definition) is 6. The molecule has 0 fully saturated rings. The van der Waals surface area contributed by atoms with E-state index in [1.165, 1.54) is 21.6 Å². The summed E-state index contributed by atoms with van der Waals surface area (Å²) < 4.78 is 2.31. The highest BCUT2D eigenvalue weighted by Gasteiger charge is 2.26. The Kier molecular flexibility index (Phi) is 7.23. The molecule has 32 heavy (non-hydrogen) atoms. The maximum absolute atomic E-state index is 4.68. The van der Waals surface area contributed by atoms with Gasteiger partial charge in [-0.3, -0.25) is 0 Å². The molecule has 1 atom stereocenters. The lowest BCUT2D eigenvalue weighted by Gasteiger charge is -2.20. The predicted molar refractivity (Wildman–Crippen MR) is 132 cm³/mol. The zero-order valence-electron chi connectivity index (χ0n) is 19.4. The Balaban J connectivity index is 1.77. The molecule has 0 aliphatic rings. The molecule has 3 aromatic heterocycles. The molecule has 1 aromatic carbocycles. The Morgan fingerprint density at radius 2 is 1.88 bits per heavy atom. The lowest BCUT2D eigenvalue weighted by atomic mass is 10.1. The minimum absolute atomic E-state index is 0.323. The van der Waals surface area contributed by atoms with Crippen LogP contribution in [0, 0.1) is 6.92 Å². The number of thiophene rings is 1. The summed E-state index contributed by atoms with van der Waals surface area (Å²) in [6.07, 6.45) is 4.92. The van der Waals surface area contributed by atoms with E-state index in [9.17, 15) is 0 Å². The van der Waals surface area contributed by atoms with Crippen LogP contribution in [0.2, 0.25) is 0 Å². The molecule has 0 amide bonds. The number of fused-ring (bicyclic) bond motifs is 1. The van der Waals surface area contributed by atoms with E-state index < -0.39 is 0 Å². The van der Waals surface area contributed by atoms with Gasteiger partial charge in [-0.1, -0.05) is 50.1 Å². The summed E-state index contributed by atoms with van der Waals surface area (Å²) in [6.45, 7) is 7.47. The van der Waals surface area contributed by atoms with E-state index >= 15 is 0 Å². The van der Waals surface area contributed by atoms with Gasteiger partial charge in [0.2, 0.25) is 0 Å². The average Bonchev–Trinajstić information content (AvgIpc) is 3.38. The molecule has 4 aromatic rings. The van der Waals surface area contributed by atoms with Gasteiger partial charge in [0.15, 0.2) is 11.0 Å². The van der Waals surface area contributed by atoms with Crippen molar-refractivity contribution in [2.24, 2.45) is 0 Å². The van der Waals surface area contributed by atoms with Gasteiger partial charge >= 0.3 is 0 Å². The molecular weight excluding hydrogens is 436 g/mol. The van der Waals surface area contributed by atoms with Crippen molar-refractivity contribution in [1.29, 1.82) is 0 Å². The molecule has 6 nitrogen and oxygen atoms in total. The molecule has 168 valence electrons. The van der Waals surface area contributed by atoms with Crippen LogP contribution in [0.1, 0.15) is 50.5 Å². The van der Waals surface area contributed by atoms with Crippen LogP contribution >= 0.6 is 23.1 Å². The molecule has 1 N–H and O–H groups in total. The molecule has 0 aliphatic heterocycles. The van der Waals surface area contributed by atoms with Crippen molar-refractivity contribution in [1.82, 2.24) is 24.7 Å². The predicted octanol–water partition coefficient (Wildman–Crippen LogP) is 4.81. The number of quaternary nitrogens is 1. The van der Waals surface area contributed by atoms with E-state index in [1.54, 1.807) is 29.4 Å². The molecule has 0 saturated heterocycles. The van der Waals surface area contributed by atoms with Crippen LogP contribution in [0.5, 0.6) is 0 Å². The maximum Gasteiger partial charge on any atom is 0.197 e. The summed E-state index contributed by atoms with van der Waals surface area (Å²) in [5, 5.41) is 14.4. The summed E-state index contributed by atoms with van der Waals surface area (Å²) in [5.41, 5.74) is 3.62. The van der Waals surface area contributed by atoms with Crippen molar-refractivity contribution < 1.29 is 4.90 Å². The Hall–Kier alpha value is -2.29. The van der Waals surface area contributed by atoms with E-state index in [-0.39, 0.29) is 0 Å². The van der Waals surface area contributed by atoms with E-state index in [0.29, 0.717) is 6.04 Å². The minimum Gasteiger partial charge on any atom is -0.331 e. The van der Waals surface area contributed by atoms with Gasteiger partial charge < -0.3 is 9.47 Å². The summed E-state index contributed by atoms with van der Waals surface area (Å²) in [4.78, 5) is 11.6. The highest BCUT2D eigenvalue weighted by Crippen LogP contribution is 2.40. The van der Waals surface area contributed by atoms with Gasteiger partial charge in [0, 0.05) is 23.9 Å². The van der Waals surface area contributed by atoms with Crippen LogP contribution in [0.3, 0.4) is 0 Å². The Morgan fingerprint density at radius 3 is 2.56 bits per heavy atom. The molecule has 8 heteroatoms. The normalized spacial score (nSPS) is 12.7. The molecule has 0 radical (unpaired) electrons. The smallest absolute Gasteiger partial charge is 0.197 e. The van der Waals surface area contributed by atoms with Crippen LogP contribution in [0.4, 0.5) is 0 Å². The topological polar surface area (TPSA) is 60.9 Å².